The zero-order chi connectivity index (χ0) is 23.2. The molecule has 1 saturated heterocycles. The van der Waals surface area contributed by atoms with E-state index in [1.807, 2.05) is 4.72 Å². The number of sulfonamides is 1. The summed E-state index contributed by atoms with van der Waals surface area (Å²) in [5.74, 6) is -1.01. The van der Waals surface area contributed by atoms with Crippen molar-refractivity contribution in [3.63, 3.8) is 0 Å². The molecule has 2 aromatic carbocycles. The van der Waals surface area contributed by atoms with Gasteiger partial charge in [0.25, 0.3) is 5.91 Å². The minimum Gasteiger partial charge on any atom is -0.491 e. The first-order valence-electron chi connectivity index (χ1n) is 11.7. The monoisotopic (exact) mass is 472 g/mol. The van der Waals surface area contributed by atoms with Crippen LogP contribution in [0.5, 0.6) is 5.75 Å². The first-order chi connectivity index (χ1) is 15.8. The van der Waals surface area contributed by atoms with Crippen LogP contribution in [0.3, 0.4) is 0 Å². The third-order valence-electron chi connectivity index (χ3n) is 6.73. The lowest BCUT2D eigenvalue weighted by Gasteiger charge is -2.27. The summed E-state index contributed by atoms with van der Waals surface area (Å²) in [7, 11) is -3.74. The maximum atomic E-state index is 14.9. The van der Waals surface area contributed by atoms with E-state index in [-0.39, 0.29) is 17.5 Å². The summed E-state index contributed by atoms with van der Waals surface area (Å²) < 4.78 is 47.3. The lowest BCUT2D eigenvalue weighted by Crippen LogP contribution is -2.34. The van der Waals surface area contributed by atoms with Gasteiger partial charge in [-0.25, -0.2) is 17.5 Å². The van der Waals surface area contributed by atoms with Crippen LogP contribution in [0.25, 0.3) is 0 Å². The third-order valence-corrected chi connectivity index (χ3v) is 8.55. The number of benzene rings is 2. The Kier molecular flexibility index (Phi) is 5.80. The second-order valence-electron chi connectivity index (χ2n) is 9.46. The fourth-order valence-corrected chi connectivity index (χ4v) is 5.79. The minimum atomic E-state index is -3.74. The van der Waals surface area contributed by atoms with Crippen molar-refractivity contribution in [2.24, 2.45) is 0 Å². The molecular formula is C25H29FN2O4S. The van der Waals surface area contributed by atoms with Gasteiger partial charge in [-0.15, -0.1) is 0 Å². The number of hydrogen-bond donors (Lipinski definition) is 1. The molecule has 3 aliphatic rings. The van der Waals surface area contributed by atoms with Gasteiger partial charge in [0.05, 0.1) is 16.9 Å². The van der Waals surface area contributed by atoms with Gasteiger partial charge in [0.15, 0.2) is 0 Å². The predicted molar refractivity (Wildman–Crippen MR) is 125 cm³/mol. The molecule has 0 radical (unpaired) electrons. The van der Waals surface area contributed by atoms with E-state index in [0.717, 1.165) is 43.5 Å². The molecule has 1 atom stereocenters. The molecule has 1 N–H and O–H groups in total. The average molecular weight is 473 g/mol. The molecule has 0 spiro atoms. The number of anilines is 1. The van der Waals surface area contributed by atoms with E-state index in [9.17, 15) is 17.6 Å². The van der Waals surface area contributed by atoms with Crippen LogP contribution in [0.4, 0.5) is 10.1 Å². The van der Waals surface area contributed by atoms with E-state index < -0.39 is 27.0 Å². The summed E-state index contributed by atoms with van der Waals surface area (Å²) in [6.07, 6.45) is 5.03. The van der Waals surface area contributed by atoms with Crippen LogP contribution >= 0.6 is 0 Å². The second-order valence-corrected chi connectivity index (χ2v) is 11.4. The van der Waals surface area contributed by atoms with Crippen molar-refractivity contribution >= 4 is 21.6 Å². The zero-order valence-corrected chi connectivity index (χ0v) is 19.5. The minimum absolute atomic E-state index is 0.189. The number of amides is 1. The predicted octanol–water partition coefficient (Wildman–Crippen LogP) is 4.28. The zero-order valence-electron chi connectivity index (χ0n) is 18.7. The first kappa shape index (κ1) is 22.2. The fourth-order valence-electron chi connectivity index (χ4n) is 4.50. The Morgan fingerprint density at radius 1 is 1.12 bits per heavy atom. The normalized spacial score (nSPS) is 20.7. The van der Waals surface area contributed by atoms with Crippen LogP contribution < -0.4 is 14.4 Å². The lowest BCUT2D eigenvalue weighted by molar-refractivity contribution is 0.0977. The average Bonchev–Trinajstić information content (AvgIpc) is 3.70. The Morgan fingerprint density at radius 3 is 2.52 bits per heavy atom. The lowest BCUT2D eigenvalue weighted by atomic mass is 10.0. The highest BCUT2D eigenvalue weighted by atomic mass is 32.2. The van der Waals surface area contributed by atoms with Crippen LogP contribution in [0.1, 0.15) is 65.9 Å². The summed E-state index contributed by atoms with van der Waals surface area (Å²) in [4.78, 5) is 14.9. The summed E-state index contributed by atoms with van der Waals surface area (Å²) in [6, 6.07) is 11.3. The standard InChI is InChI=1S/C25H29FN2O4S/c1-16-4-8-18(9-5-16)28-12-2-3-19(28)15-32-24-14-23(26)22(13-21(24)17-6-7-17)25(29)27-33(30,31)20-10-11-20/h4-5,8-9,13-14,17,19-20H,2-3,6-7,10-12,15H2,1H3,(H,27,29)/t19-/m1/s1. The molecule has 6 nitrogen and oxygen atoms in total. The van der Waals surface area contributed by atoms with E-state index >= 15 is 0 Å². The third kappa shape index (κ3) is 4.86. The van der Waals surface area contributed by atoms with Crippen molar-refractivity contribution in [3.05, 3.63) is 58.9 Å². The topological polar surface area (TPSA) is 75.7 Å². The summed E-state index contributed by atoms with van der Waals surface area (Å²) >= 11 is 0. The maximum absolute atomic E-state index is 14.9. The fraction of sp³-hybridized carbons (Fsp3) is 0.480. The van der Waals surface area contributed by atoms with Gasteiger partial charge >= 0.3 is 0 Å². The van der Waals surface area contributed by atoms with Gasteiger partial charge in [-0.05, 0) is 75.1 Å². The van der Waals surface area contributed by atoms with Crippen LogP contribution in [-0.2, 0) is 10.0 Å². The van der Waals surface area contributed by atoms with E-state index in [4.69, 9.17) is 4.74 Å². The molecule has 2 aromatic rings. The van der Waals surface area contributed by atoms with Gasteiger partial charge in [-0.3, -0.25) is 4.79 Å². The summed E-state index contributed by atoms with van der Waals surface area (Å²) in [5.41, 5.74) is 2.91. The number of nitrogens with one attached hydrogen (secondary N) is 1. The van der Waals surface area contributed by atoms with Crippen molar-refractivity contribution in [2.75, 3.05) is 18.1 Å². The molecule has 1 amide bonds. The quantitative estimate of drug-likeness (QED) is 0.621. The Balaban J connectivity index is 1.32. The molecule has 2 aliphatic carbocycles. The van der Waals surface area contributed by atoms with Crippen LogP contribution in [0, 0.1) is 12.7 Å². The first-order valence-corrected chi connectivity index (χ1v) is 13.2. The molecule has 33 heavy (non-hydrogen) atoms. The highest BCUT2D eigenvalue weighted by Crippen LogP contribution is 2.45. The molecule has 0 unspecified atom stereocenters. The Morgan fingerprint density at radius 2 is 1.85 bits per heavy atom. The van der Waals surface area contributed by atoms with Crippen molar-refractivity contribution in [2.45, 2.75) is 62.7 Å². The largest absolute Gasteiger partial charge is 0.491 e. The molecule has 8 heteroatoms. The highest BCUT2D eigenvalue weighted by Gasteiger charge is 2.38. The number of ether oxygens (including phenoxy) is 1. The van der Waals surface area contributed by atoms with E-state index in [1.54, 1.807) is 0 Å². The van der Waals surface area contributed by atoms with E-state index in [1.165, 1.54) is 17.7 Å². The number of nitrogens with zero attached hydrogens (tertiary/aromatic N) is 1. The number of halogens is 1. The van der Waals surface area contributed by atoms with Gasteiger partial charge in [-0.1, -0.05) is 17.7 Å². The summed E-state index contributed by atoms with van der Waals surface area (Å²) in [5, 5.41) is -0.544. The molecule has 1 aliphatic heterocycles. The molecule has 2 saturated carbocycles. The van der Waals surface area contributed by atoms with Gasteiger partial charge < -0.3 is 9.64 Å². The SMILES string of the molecule is Cc1ccc(N2CCC[C@@H]2COc2cc(F)c(C(=O)NS(=O)(=O)C3CC3)cc2C2CC2)cc1. The molecule has 176 valence electrons. The van der Waals surface area contributed by atoms with Gasteiger partial charge in [0, 0.05) is 18.3 Å². The molecular weight excluding hydrogens is 443 g/mol. The molecule has 5 rings (SSSR count). The van der Waals surface area contributed by atoms with Crippen molar-refractivity contribution < 1.29 is 22.3 Å². The number of carbonyl (C=O) groups is 1. The molecule has 0 aromatic heterocycles. The number of rotatable bonds is 8. The Bertz CT molecular complexity index is 1160. The van der Waals surface area contributed by atoms with Gasteiger partial charge in [0.2, 0.25) is 10.0 Å². The van der Waals surface area contributed by atoms with Crippen LogP contribution in [-0.4, -0.2) is 38.8 Å². The smallest absolute Gasteiger partial charge is 0.267 e. The van der Waals surface area contributed by atoms with Crippen LogP contribution in [0.15, 0.2) is 36.4 Å². The van der Waals surface area contributed by atoms with Gasteiger partial charge in [0.1, 0.15) is 18.2 Å². The van der Waals surface area contributed by atoms with E-state index in [2.05, 4.69) is 36.1 Å². The molecule has 1 heterocycles. The molecule has 0 bridgehead atoms. The number of hydrogen-bond acceptors (Lipinski definition) is 5. The van der Waals surface area contributed by atoms with E-state index in [0.29, 0.717) is 25.2 Å². The highest BCUT2D eigenvalue weighted by molar-refractivity contribution is 7.91. The molecule has 3 fully saturated rings. The maximum Gasteiger partial charge on any atom is 0.267 e. The van der Waals surface area contributed by atoms with Crippen molar-refractivity contribution in [3.8, 4) is 5.75 Å². The summed E-state index contributed by atoms with van der Waals surface area (Å²) in [6.45, 7) is 3.44. The number of aryl methyl sites for hydroxylation is 1. The van der Waals surface area contributed by atoms with Crippen LogP contribution in [0.2, 0.25) is 0 Å². The van der Waals surface area contributed by atoms with Gasteiger partial charge in [-0.2, -0.15) is 0 Å². The van der Waals surface area contributed by atoms with Crippen molar-refractivity contribution in [1.29, 1.82) is 0 Å². The Labute approximate surface area is 194 Å². The second kappa shape index (κ2) is 8.63. The Hall–Kier alpha value is -2.61. The van der Waals surface area contributed by atoms with Crippen molar-refractivity contribution in [1.82, 2.24) is 4.72 Å². The number of carbonyl (C=O) groups excluding carboxylic acids is 1.